The highest BCUT2D eigenvalue weighted by Gasteiger charge is 2.15. The van der Waals surface area contributed by atoms with E-state index >= 15 is 0 Å². The summed E-state index contributed by atoms with van der Waals surface area (Å²) in [6, 6.07) is 9.26. The van der Waals surface area contributed by atoms with Crippen molar-refractivity contribution in [3.05, 3.63) is 52.2 Å². The van der Waals surface area contributed by atoms with Crippen molar-refractivity contribution >= 4 is 44.9 Å². The highest BCUT2D eigenvalue weighted by atomic mass is 35.5. The van der Waals surface area contributed by atoms with Crippen LogP contribution in [0.1, 0.15) is 11.3 Å². The largest absolute Gasteiger partial charge is 0.245 e. The van der Waals surface area contributed by atoms with E-state index in [1.807, 2.05) is 36.6 Å². The van der Waals surface area contributed by atoms with Crippen LogP contribution in [0.25, 0.3) is 6.08 Å². The lowest BCUT2D eigenvalue weighted by atomic mass is 10.2. The van der Waals surface area contributed by atoms with Crippen molar-refractivity contribution in [2.24, 2.45) is 4.36 Å². The molecule has 0 spiro atoms. The van der Waals surface area contributed by atoms with Crippen LogP contribution >= 0.6 is 23.4 Å². The Morgan fingerprint density at radius 1 is 1.29 bits per heavy atom. The lowest BCUT2D eigenvalue weighted by Gasteiger charge is -2.12. The van der Waals surface area contributed by atoms with Crippen LogP contribution in [0.5, 0.6) is 0 Å². The van der Waals surface area contributed by atoms with Crippen molar-refractivity contribution in [2.75, 3.05) is 6.26 Å². The summed E-state index contributed by atoms with van der Waals surface area (Å²) in [4.78, 5) is 8.42. The SMILES string of the molecule is CSc1nc(Cl)cc(CS2(=O)=Nc3ccccc3C=C2)n1. The van der Waals surface area contributed by atoms with Gasteiger partial charge in [-0.2, -0.15) is 4.36 Å². The van der Waals surface area contributed by atoms with E-state index in [-0.39, 0.29) is 5.75 Å². The predicted octanol–water partition coefficient (Wildman–Crippen LogP) is 4.14. The first kappa shape index (κ1) is 14.6. The van der Waals surface area contributed by atoms with Gasteiger partial charge >= 0.3 is 0 Å². The highest BCUT2D eigenvalue weighted by molar-refractivity contribution is 7.98. The van der Waals surface area contributed by atoms with Gasteiger partial charge in [0.05, 0.1) is 26.9 Å². The molecule has 0 aliphatic carbocycles. The van der Waals surface area contributed by atoms with Gasteiger partial charge in [-0.15, -0.1) is 0 Å². The molecule has 1 aromatic carbocycles. The monoisotopic (exact) mass is 337 g/mol. The molecule has 4 nitrogen and oxygen atoms in total. The first-order valence-electron chi connectivity index (χ1n) is 6.17. The summed E-state index contributed by atoms with van der Waals surface area (Å²) in [5.41, 5.74) is 2.36. The van der Waals surface area contributed by atoms with Crippen LogP contribution in [0.2, 0.25) is 5.15 Å². The number of halogens is 1. The van der Waals surface area contributed by atoms with Crippen molar-refractivity contribution in [1.29, 1.82) is 0 Å². The first-order chi connectivity index (χ1) is 10.1. The Morgan fingerprint density at radius 2 is 2.10 bits per heavy atom. The van der Waals surface area contributed by atoms with Crippen molar-refractivity contribution in [2.45, 2.75) is 10.9 Å². The van der Waals surface area contributed by atoms with Crippen LogP contribution < -0.4 is 0 Å². The smallest absolute Gasteiger partial charge is 0.188 e. The molecular formula is C14H12ClN3OS2. The van der Waals surface area contributed by atoms with Gasteiger partial charge < -0.3 is 0 Å². The molecule has 0 saturated carbocycles. The molecule has 0 amide bonds. The third-order valence-electron chi connectivity index (χ3n) is 2.91. The summed E-state index contributed by atoms with van der Waals surface area (Å²) in [5.74, 6) is 0.230. The number of aromatic nitrogens is 2. The minimum absolute atomic E-state index is 0.230. The molecule has 1 unspecified atom stereocenters. The van der Waals surface area contributed by atoms with Gasteiger partial charge in [-0.3, -0.25) is 0 Å². The molecule has 7 heteroatoms. The van der Waals surface area contributed by atoms with E-state index in [2.05, 4.69) is 14.3 Å². The topological polar surface area (TPSA) is 55.2 Å². The standard InChI is InChI=1S/C14H12ClN3OS2/c1-20-14-16-11(8-13(15)17-14)9-21(19)7-6-10-4-2-3-5-12(10)18-21/h2-8H,9H2,1H3. The summed E-state index contributed by atoms with van der Waals surface area (Å²) in [6.45, 7) is 0. The number of fused-ring (bicyclic) bond motifs is 1. The van der Waals surface area contributed by atoms with Crippen LogP contribution in [-0.4, -0.2) is 20.4 Å². The average Bonchev–Trinajstić information content (AvgIpc) is 2.46. The van der Waals surface area contributed by atoms with Crippen molar-refractivity contribution in [3.8, 4) is 0 Å². The average molecular weight is 338 g/mol. The maximum atomic E-state index is 12.9. The Labute approximate surface area is 132 Å². The Hall–Kier alpha value is -1.37. The second-order valence-corrected chi connectivity index (χ2v) is 7.74. The zero-order valence-electron chi connectivity index (χ0n) is 11.2. The Kier molecular flexibility index (Phi) is 4.01. The number of hydrogen-bond acceptors (Lipinski definition) is 5. The molecule has 0 bridgehead atoms. The zero-order chi connectivity index (χ0) is 14.9. The van der Waals surface area contributed by atoms with E-state index < -0.39 is 9.73 Å². The maximum Gasteiger partial charge on any atom is 0.188 e. The fourth-order valence-corrected chi connectivity index (χ4v) is 4.29. The highest BCUT2D eigenvalue weighted by Crippen LogP contribution is 2.29. The Bertz CT molecular complexity index is 842. The normalized spacial score (nSPS) is 19.9. The molecule has 1 aliphatic heterocycles. The lowest BCUT2D eigenvalue weighted by molar-refractivity contribution is 0.681. The quantitative estimate of drug-likeness (QED) is 0.480. The van der Waals surface area contributed by atoms with E-state index in [9.17, 15) is 4.21 Å². The molecule has 0 radical (unpaired) electrons. The molecule has 1 aromatic heterocycles. The van der Waals surface area contributed by atoms with Crippen LogP contribution in [0.4, 0.5) is 5.69 Å². The summed E-state index contributed by atoms with van der Waals surface area (Å²) in [6.07, 6.45) is 3.72. The molecule has 2 heterocycles. The van der Waals surface area contributed by atoms with E-state index in [1.165, 1.54) is 11.8 Å². The Balaban J connectivity index is 1.99. The summed E-state index contributed by atoms with van der Waals surface area (Å²) < 4.78 is 17.3. The van der Waals surface area contributed by atoms with Gasteiger partial charge in [-0.05, 0) is 24.5 Å². The van der Waals surface area contributed by atoms with Gasteiger partial charge in [0.1, 0.15) is 5.15 Å². The van der Waals surface area contributed by atoms with Gasteiger partial charge in [0.25, 0.3) is 0 Å². The molecule has 0 saturated heterocycles. The molecule has 21 heavy (non-hydrogen) atoms. The first-order valence-corrected chi connectivity index (χ1v) is 9.52. The number of nitrogens with zero attached hydrogens (tertiary/aromatic N) is 3. The minimum atomic E-state index is -2.51. The van der Waals surface area contributed by atoms with E-state index in [1.54, 1.807) is 11.5 Å². The third kappa shape index (κ3) is 3.28. The summed E-state index contributed by atoms with van der Waals surface area (Å²) in [7, 11) is -2.51. The molecule has 2 aromatic rings. The molecule has 0 N–H and O–H groups in total. The molecule has 3 rings (SSSR count). The van der Waals surface area contributed by atoms with Crippen LogP contribution in [0, 0.1) is 0 Å². The van der Waals surface area contributed by atoms with Gasteiger partial charge in [0.2, 0.25) is 0 Å². The van der Waals surface area contributed by atoms with Gasteiger partial charge in [0, 0.05) is 11.0 Å². The molecule has 108 valence electrons. The van der Waals surface area contributed by atoms with Crippen LogP contribution in [0.15, 0.2) is 45.3 Å². The van der Waals surface area contributed by atoms with Crippen LogP contribution in [0.3, 0.4) is 0 Å². The summed E-state index contributed by atoms with van der Waals surface area (Å²) >= 11 is 7.37. The second-order valence-electron chi connectivity index (χ2n) is 4.46. The molecular weight excluding hydrogens is 326 g/mol. The van der Waals surface area contributed by atoms with Crippen molar-refractivity contribution < 1.29 is 4.21 Å². The fraction of sp³-hybridized carbons (Fsp3) is 0.143. The fourth-order valence-electron chi connectivity index (χ4n) is 1.99. The minimum Gasteiger partial charge on any atom is -0.245 e. The number of hydrogen-bond donors (Lipinski definition) is 0. The predicted molar refractivity (Wildman–Crippen MR) is 88.2 cm³/mol. The van der Waals surface area contributed by atoms with Gasteiger partial charge in [-0.1, -0.05) is 41.6 Å². The Morgan fingerprint density at radius 3 is 2.90 bits per heavy atom. The zero-order valence-corrected chi connectivity index (χ0v) is 13.6. The second kappa shape index (κ2) is 5.79. The lowest BCUT2D eigenvalue weighted by Crippen LogP contribution is -2.05. The van der Waals surface area contributed by atoms with Crippen molar-refractivity contribution in [1.82, 2.24) is 9.97 Å². The molecule has 0 fully saturated rings. The third-order valence-corrected chi connectivity index (χ3v) is 5.43. The summed E-state index contributed by atoms with van der Waals surface area (Å²) in [5, 5.41) is 2.58. The van der Waals surface area contributed by atoms with Gasteiger partial charge in [-0.25, -0.2) is 14.2 Å². The van der Waals surface area contributed by atoms with Crippen molar-refractivity contribution in [3.63, 3.8) is 0 Å². The van der Waals surface area contributed by atoms with E-state index in [0.29, 0.717) is 16.0 Å². The number of rotatable bonds is 3. The van der Waals surface area contributed by atoms with E-state index in [4.69, 9.17) is 11.6 Å². The molecule has 1 aliphatic rings. The maximum absolute atomic E-state index is 12.9. The number of thioether (sulfide) groups is 1. The van der Waals surface area contributed by atoms with Crippen LogP contribution in [-0.2, 0) is 15.5 Å². The van der Waals surface area contributed by atoms with E-state index in [0.717, 1.165) is 11.3 Å². The van der Waals surface area contributed by atoms with Gasteiger partial charge in [0.15, 0.2) is 5.16 Å². The molecule has 1 atom stereocenters. The number of benzene rings is 1.